The second-order valence-corrected chi connectivity index (χ2v) is 9.38. The first-order chi connectivity index (χ1) is 11.1. The van der Waals surface area contributed by atoms with E-state index in [0.717, 1.165) is 24.4 Å². The van der Waals surface area contributed by atoms with Crippen molar-refractivity contribution >= 4 is 27.3 Å². The SMILES string of the molecule is CCN(CC)CCN(CC(C)C)S(=O)(=O)c1cc(C)c(C(=O)O)s1. The zero-order valence-corrected chi connectivity index (χ0v) is 16.7. The number of thiophene rings is 1. The molecular formula is C16H28N2O4S2. The second kappa shape index (κ2) is 8.94. The van der Waals surface area contributed by atoms with Crippen molar-refractivity contribution in [1.29, 1.82) is 0 Å². The van der Waals surface area contributed by atoms with Gasteiger partial charge in [0, 0.05) is 19.6 Å². The number of carboxylic acids is 1. The van der Waals surface area contributed by atoms with Gasteiger partial charge in [0.05, 0.1) is 0 Å². The Hall–Kier alpha value is -0.960. The van der Waals surface area contributed by atoms with Crippen molar-refractivity contribution in [1.82, 2.24) is 9.21 Å². The van der Waals surface area contributed by atoms with E-state index in [1.807, 2.05) is 27.7 Å². The zero-order valence-electron chi connectivity index (χ0n) is 15.1. The highest BCUT2D eigenvalue weighted by Crippen LogP contribution is 2.29. The van der Waals surface area contributed by atoms with E-state index in [0.29, 0.717) is 25.2 Å². The van der Waals surface area contributed by atoms with Crippen LogP contribution >= 0.6 is 11.3 Å². The summed E-state index contributed by atoms with van der Waals surface area (Å²) in [6, 6.07) is 1.47. The van der Waals surface area contributed by atoms with Gasteiger partial charge in [0.25, 0.3) is 10.0 Å². The number of aromatic carboxylic acids is 1. The highest BCUT2D eigenvalue weighted by molar-refractivity contribution is 7.91. The summed E-state index contributed by atoms with van der Waals surface area (Å²) >= 11 is 0.833. The first-order valence-corrected chi connectivity index (χ1v) is 10.4. The zero-order chi connectivity index (χ0) is 18.5. The minimum Gasteiger partial charge on any atom is -0.477 e. The maximum atomic E-state index is 13.0. The molecule has 0 saturated heterocycles. The largest absolute Gasteiger partial charge is 0.477 e. The van der Waals surface area contributed by atoms with E-state index in [9.17, 15) is 13.2 Å². The Balaban J connectivity index is 3.10. The molecule has 0 unspecified atom stereocenters. The van der Waals surface area contributed by atoms with Crippen LogP contribution in [0.2, 0.25) is 0 Å². The normalized spacial score (nSPS) is 12.5. The molecule has 1 aromatic heterocycles. The summed E-state index contributed by atoms with van der Waals surface area (Å²) in [4.78, 5) is 13.5. The molecule has 6 nitrogen and oxygen atoms in total. The van der Waals surface area contributed by atoms with E-state index in [1.54, 1.807) is 6.92 Å². The number of hydrogen-bond donors (Lipinski definition) is 1. The highest BCUT2D eigenvalue weighted by Gasteiger charge is 2.29. The van der Waals surface area contributed by atoms with Crippen molar-refractivity contribution in [2.45, 2.75) is 38.8 Å². The second-order valence-electron chi connectivity index (χ2n) is 6.17. The lowest BCUT2D eigenvalue weighted by atomic mass is 10.2. The lowest BCUT2D eigenvalue weighted by molar-refractivity contribution is 0.0701. The molecule has 0 saturated carbocycles. The van der Waals surface area contributed by atoms with Gasteiger partial charge in [0.15, 0.2) is 0 Å². The van der Waals surface area contributed by atoms with Crippen molar-refractivity contribution < 1.29 is 18.3 Å². The van der Waals surface area contributed by atoms with Gasteiger partial charge >= 0.3 is 5.97 Å². The summed E-state index contributed by atoms with van der Waals surface area (Å²) in [7, 11) is -3.68. The summed E-state index contributed by atoms with van der Waals surface area (Å²) < 4.78 is 27.5. The fourth-order valence-corrected chi connectivity index (χ4v) is 5.56. The molecule has 0 fully saturated rings. The van der Waals surface area contributed by atoms with Crippen LogP contribution in [0.15, 0.2) is 10.3 Å². The molecule has 1 rings (SSSR count). The Kier molecular flexibility index (Phi) is 7.85. The first kappa shape index (κ1) is 21.1. The first-order valence-electron chi connectivity index (χ1n) is 8.19. The minimum absolute atomic E-state index is 0.0850. The highest BCUT2D eigenvalue weighted by atomic mass is 32.2. The molecule has 1 aromatic rings. The molecular weight excluding hydrogens is 348 g/mol. The summed E-state index contributed by atoms with van der Waals surface area (Å²) in [6.45, 7) is 12.9. The van der Waals surface area contributed by atoms with Gasteiger partial charge in [-0.3, -0.25) is 0 Å². The van der Waals surface area contributed by atoms with Gasteiger partial charge < -0.3 is 10.0 Å². The summed E-state index contributed by atoms with van der Waals surface area (Å²) in [5, 5.41) is 9.16. The lowest BCUT2D eigenvalue weighted by Crippen LogP contribution is -2.40. The molecule has 0 aliphatic heterocycles. The van der Waals surface area contributed by atoms with Gasteiger partial charge in [-0.2, -0.15) is 4.31 Å². The van der Waals surface area contributed by atoms with Crippen molar-refractivity contribution in [3.63, 3.8) is 0 Å². The van der Waals surface area contributed by atoms with Gasteiger partial charge in [-0.15, -0.1) is 11.3 Å². The van der Waals surface area contributed by atoms with Crippen LogP contribution in [0.4, 0.5) is 0 Å². The molecule has 0 radical (unpaired) electrons. The molecule has 1 heterocycles. The predicted molar refractivity (Wildman–Crippen MR) is 97.4 cm³/mol. The number of carbonyl (C=O) groups is 1. The third kappa shape index (κ3) is 5.27. The van der Waals surface area contributed by atoms with Crippen LogP contribution in [-0.2, 0) is 10.0 Å². The number of sulfonamides is 1. The Bertz CT molecular complexity index is 649. The van der Waals surface area contributed by atoms with Gasteiger partial charge in [-0.1, -0.05) is 27.7 Å². The Morgan fingerprint density at radius 1 is 1.25 bits per heavy atom. The van der Waals surface area contributed by atoms with Gasteiger partial charge in [0.1, 0.15) is 9.09 Å². The molecule has 0 aliphatic carbocycles. The number of carboxylic acid groups (broad SMARTS) is 1. The minimum atomic E-state index is -3.68. The molecule has 0 aromatic carbocycles. The smallest absolute Gasteiger partial charge is 0.346 e. The maximum Gasteiger partial charge on any atom is 0.346 e. The van der Waals surface area contributed by atoms with E-state index in [4.69, 9.17) is 5.11 Å². The van der Waals surface area contributed by atoms with Crippen molar-refractivity contribution in [3.05, 3.63) is 16.5 Å². The molecule has 0 spiro atoms. The number of aryl methyl sites for hydroxylation is 1. The molecule has 0 aliphatic rings. The lowest BCUT2D eigenvalue weighted by Gasteiger charge is -2.26. The van der Waals surface area contributed by atoms with Gasteiger partial charge in [-0.05, 0) is 37.6 Å². The fourth-order valence-electron chi connectivity index (χ4n) is 2.43. The van der Waals surface area contributed by atoms with Gasteiger partial charge in [0.2, 0.25) is 0 Å². The molecule has 138 valence electrons. The Labute approximate surface area is 149 Å². The third-order valence-electron chi connectivity index (χ3n) is 3.81. The standard InChI is InChI=1S/C16H28N2O4S2/c1-6-17(7-2)8-9-18(11-12(3)4)24(21,22)14-10-13(5)15(23-14)16(19)20/h10,12H,6-9,11H2,1-5H3,(H,19,20). The van der Waals surface area contributed by atoms with Crippen LogP contribution in [0.5, 0.6) is 0 Å². The summed E-state index contributed by atoms with van der Waals surface area (Å²) in [5.41, 5.74) is 0.485. The molecule has 0 bridgehead atoms. The third-order valence-corrected chi connectivity index (χ3v) is 7.35. The Morgan fingerprint density at radius 2 is 1.83 bits per heavy atom. The topological polar surface area (TPSA) is 77.9 Å². The fraction of sp³-hybridized carbons (Fsp3) is 0.688. The average molecular weight is 377 g/mol. The number of nitrogens with zero attached hydrogens (tertiary/aromatic N) is 2. The van der Waals surface area contributed by atoms with Crippen LogP contribution in [0.25, 0.3) is 0 Å². The van der Waals surface area contributed by atoms with Crippen molar-refractivity contribution in [2.24, 2.45) is 5.92 Å². The maximum absolute atomic E-state index is 13.0. The van der Waals surface area contributed by atoms with Crippen molar-refractivity contribution in [3.8, 4) is 0 Å². The number of hydrogen-bond acceptors (Lipinski definition) is 5. The van der Waals surface area contributed by atoms with E-state index < -0.39 is 16.0 Å². The van der Waals surface area contributed by atoms with Crippen LogP contribution in [0, 0.1) is 12.8 Å². The van der Waals surface area contributed by atoms with Gasteiger partial charge in [-0.25, -0.2) is 13.2 Å². The van der Waals surface area contributed by atoms with Crippen LogP contribution < -0.4 is 0 Å². The quantitative estimate of drug-likeness (QED) is 0.679. The van der Waals surface area contributed by atoms with E-state index in [-0.39, 0.29) is 15.0 Å². The van der Waals surface area contributed by atoms with Crippen molar-refractivity contribution in [2.75, 3.05) is 32.7 Å². The Morgan fingerprint density at radius 3 is 2.25 bits per heavy atom. The molecule has 1 N–H and O–H groups in total. The van der Waals surface area contributed by atoms with Crippen LogP contribution in [0.3, 0.4) is 0 Å². The van der Waals surface area contributed by atoms with E-state index in [2.05, 4.69) is 4.90 Å². The van der Waals surface area contributed by atoms with E-state index >= 15 is 0 Å². The monoisotopic (exact) mass is 376 g/mol. The van der Waals surface area contributed by atoms with Crippen LogP contribution in [0.1, 0.15) is 42.9 Å². The molecule has 0 amide bonds. The predicted octanol–water partition coefficient (Wildman–Crippen LogP) is 2.74. The molecule has 0 atom stereocenters. The number of rotatable bonds is 10. The van der Waals surface area contributed by atoms with E-state index in [1.165, 1.54) is 10.4 Å². The average Bonchev–Trinajstić information content (AvgIpc) is 2.89. The number of likely N-dealkylation sites (N-methyl/N-ethyl adjacent to an activating group) is 1. The van der Waals surface area contributed by atoms with Crippen LogP contribution in [-0.4, -0.2) is 61.4 Å². The summed E-state index contributed by atoms with van der Waals surface area (Å²) in [5.74, 6) is -0.894. The summed E-state index contributed by atoms with van der Waals surface area (Å²) in [6.07, 6.45) is 0. The molecule has 24 heavy (non-hydrogen) atoms. The molecule has 8 heteroatoms.